The Kier molecular flexibility index (Phi) is 11.3. The van der Waals surface area contributed by atoms with E-state index in [4.69, 9.17) is 41.7 Å². The van der Waals surface area contributed by atoms with Crippen LogP contribution in [0.3, 0.4) is 0 Å². The molecule has 0 saturated heterocycles. The molecule has 1 aromatic carbocycles. The van der Waals surface area contributed by atoms with E-state index in [0.29, 0.717) is 17.8 Å². The SMILES string of the molecule is Cc1oc(=O)oc1C(OC(=O)COc1cc(C(=O)CNC(=O)c2cc3c(s2)CCN(C(=O)OC(C)(C)C)C3)ccc1OCC(=O)O)c1oc(=O)oc1C. The molecule has 282 valence electrons. The van der Waals surface area contributed by atoms with Crippen LogP contribution in [-0.4, -0.2) is 71.6 Å². The molecule has 2 amide bonds. The minimum absolute atomic E-state index is 0.0132. The predicted molar refractivity (Wildman–Crippen MR) is 178 cm³/mol. The number of hydrogen-bond donors (Lipinski definition) is 2. The molecule has 1 aliphatic heterocycles. The average molecular weight is 759 g/mol. The molecule has 0 aliphatic carbocycles. The number of fused-ring (bicyclic) bond motifs is 1. The first-order chi connectivity index (χ1) is 25.0. The van der Waals surface area contributed by atoms with Crippen LogP contribution < -0.4 is 26.4 Å². The fourth-order valence-electron chi connectivity index (χ4n) is 5.05. The Hall–Kier alpha value is -6.11. The standard InChI is InChI=1S/C34H34N2O16S/c1-16-27(50-32(43)47-16)29(28-17(2)48-33(44)51-28)49-26(40)15-46-22-10-18(6-7-21(22)45-14-25(38)39)20(37)12-35-30(41)24-11-19-13-36(9-8-23(19)53-24)31(42)52-34(3,4)5/h6-7,10-11,29H,8-9,12-15H2,1-5H3,(H,35,41)(H,38,39). The first-order valence-electron chi connectivity index (χ1n) is 15.9. The number of aliphatic carboxylic acids is 1. The molecule has 2 N–H and O–H groups in total. The van der Waals surface area contributed by atoms with Crippen molar-refractivity contribution in [2.45, 2.75) is 59.3 Å². The lowest BCUT2D eigenvalue weighted by Gasteiger charge is -2.29. The number of hydrogen-bond acceptors (Lipinski definition) is 16. The van der Waals surface area contributed by atoms with Crippen LogP contribution in [0.2, 0.25) is 0 Å². The summed E-state index contributed by atoms with van der Waals surface area (Å²) in [5.74, 6) is -6.83. The van der Waals surface area contributed by atoms with Gasteiger partial charge in [0.15, 0.2) is 53.5 Å². The molecule has 0 saturated carbocycles. The summed E-state index contributed by atoms with van der Waals surface area (Å²) in [6.07, 6.45) is -1.51. The molecule has 4 aromatic rings. The monoisotopic (exact) mass is 758 g/mol. The van der Waals surface area contributed by atoms with Crippen LogP contribution in [0, 0.1) is 13.8 Å². The van der Waals surface area contributed by atoms with Gasteiger partial charge < -0.3 is 51.9 Å². The lowest BCUT2D eigenvalue weighted by molar-refractivity contribution is -0.151. The highest BCUT2D eigenvalue weighted by molar-refractivity contribution is 7.14. The third-order valence-corrected chi connectivity index (χ3v) is 8.63. The third kappa shape index (κ3) is 9.61. The normalized spacial score (nSPS) is 12.6. The molecule has 0 radical (unpaired) electrons. The van der Waals surface area contributed by atoms with Gasteiger partial charge >= 0.3 is 29.7 Å². The first-order valence-corrected chi connectivity index (χ1v) is 16.7. The number of rotatable bonds is 13. The molecule has 1 aliphatic rings. The van der Waals surface area contributed by atoms with E-state index < -0.39 is 72.8 Å². The molecule has 0 atom stereocenters. The number of nitrogens with zero attached hydrogens (tertiary/aromatic N) is 1. The summed E-state index contributed by atoms with van der Waals surface area (Å²) in [6.45, 7) is 6.65. The predicted octanol–water partition coefficient (Wildman–Crippen LogP) is 3.54. The number of esters is 1. The van der Waals surface area contributed by atoms with Gasteiger partial charge in [0.2, 0.25) is 6.10 Å². The number of carbonyl (C=O) groups is 5. The van der Waals surface area contributed by atoms with Gasteiger partial charge in [-0.3, -0.25) is 9.59 Å². The molecule has 0 bridgehead atoms. The Labute approximate surface area is 303 Å². The molecular weight excluding hydrogens is 724 g/mol. The minimum atomic E-state index is -1.60. The van der Waals surface area contributed by atoms with E-state index >= 15 is 0 Å². The van der Waals surface area contributed by atoms with Crippen molar-refractivity contribution in [3.63, 3.8) is 0 Å². The smallest absolute Gasteiger partial charge is 0.479 e. The molecule has 53 heavy (non-hydrogen) atoms. The van der Waals surface area contributed by atoms with Gasteiger partial charge in [-0.2, -0.15) is 0 Å². The van der Waals surface area contributed by atoms with E-state index in [1.54, 1.807) is 31.7 Å². The Balaban J connectivity index is 1.25. The van der Waals surface area contributed by atoms with Crippen LogP contribution in [-0.2, 0) is 32.0 Å². The summed E-state index contributed by atoms with van der Waals surface area (Å²) >= 11 is 1.26. The second-order valence-corrected chi connectivity index (χ2v) is 13.7. The second kappa shape index (κ2) is 15.6. The molecule has 0 spiro atoms. The maximum Gasteiger partial charge on any atom is 0.519 e. The Morgan fingerprint density at radius 1 is 0.925 bits per heavy atom. The highest BCUT2D eigenvalue weighted by Crippen LogP contribution is 2.32. The fourth-order valence-corrected chi connectivity index (χ4v) is 6.13. The molecule has 5 rings (SSSR count). The fraction of sp³-hybridized carbons (Fsp3) is 0.382. The average Bonchev–Trinajstić information content (AvgIpc) is 3.77. The molecule has 4 heterocycles. The Morgan fingerprint density at radius 3 is 2.15 bits per heavy atom. The zero-order valence-electron chi connectivity index (χ0n) is 29.1. The van der Waals surface area contributed by atoms with E-state index in [0.717, 1.165) is 10.4 Å². The number of carboxylic acid groups (broad SMARTS) is 1. The highest BCUT2D eigenvalue weighted by Gasteiger charge is 2.33. The quantitative estimate of drug-likeness (QED) is 0.146. The number of carbonyl (C=O) groups excluding carboxylic acids is 4. The lowest BCUT2D eigenvalue weighted by atomic mass is 10.1. The number of ether oxygens (including phenoxy) is 4. The van der Waals surface area contributed by atoms with Crippen molar-refractivity contribution in [2.24, 2.45) is 0 Å². The van der Waals surface area contributed by atoms with Crippen LogP contribution in [0.4, 0.5) is 4.79 Å². The number of aryl methyl sites for hydroxylation is 2. The summed E-state index contributed by atoms with van der Waals surface area (Å²) in [5.41, 5.74) is 0.168. The maximum absolute atomic E-state index is 13.2. The minimum Gasteiger partial charge on any atom is -0.479 e. The van der Waals surface area contributed by atoms with Crippen molar-refractivity contribution in [1.29, 1.82) is 0 Å². The van der Waals surface area contributed by atoms with Crippen molar-refractivity contribution in [2.75, 3.05) is 26.3 Å². The number of Topliss-reactive ketones (excluding diaryl/α,β-unsaturated/α-hetero) is 1. The summed E-state index contributed by atoms with van der Waals surface area (Å²) in [7, 11) is 0. The molecule has 3 aromatic heterocycles. The number of benzene rings is 1. The zero-order valence-corrected chi connectivity index (χ0v) is 29.9. The van der Waals surface area contributed by atoms with Gasteiger partial charge in [0, 0.05) is 17.0 Å². The molecular formula is C34H34N2O16S. The van der Waals surface area contributed by atoms with E-state index in [1.165, 1.54) is 43.4 Å². The van der Waals surface area contributed by atoms with Crippen LogP contribution in [0.25, 0.3) is 0 Å². The summed E-state index contributed by atoms with van der Waals surface area (Å²) in [5, 5.41) is 11.7. The number of carboxylic acids is 1. The van der Waals surface area contributed by atoms with E-state index in [9.17, 15) is 33.6 Å². The topological polar surface area (TPSA) is 244 Å². The van der Waals surface area contributed by atoms with E-state index in [2.05, 4.69) is 5.32 Å². The largest absolute Gasteiger partial charge is 0.519 e. The number of ketones is 1. The van der Waals surface area contributed by atoms with Crippen molar-refractivity contribution in [1.82, 2.24) is 10.2 Å². The maximum atomic E-state index is 13.2. The first kappa shape index (κ1) is 38.1. The molecule has 0 unspecified atom stereocenters. The molecule has 0 fully saturated rings. The second-order valence-electron chi connectivity index (χ2n) is 12.6. The number of amides is 2. The number of nitrogens with one attached hydrogen (secondary N) is 1. The van der Waals surface area contributed by atoms with Gasteiger partial charge in [-0.1, -0.05) is 0 Å². The van der Waals surface area contributed by atoms with Crippen LogP contribution >= 0.6 is 11.3 Å². The van der Waals surface area contributed by atoms with Gasteiger partial charge in [-0.25, -0.2) is 24.0 Å². The van der Waals surface area contributed by atoms with Gasteiger partial charge in [-0.15, -0.1) is 11.3 Å². The van der Waals surface area contributed by atoms with E-state index in [1.807, 2.05) is 0 Å². The highest BCUT2D eigenvalue weighted by atomic mass is 32.1. The van der Waals surface area contributed by atoms with Crippen LogP contribution in [0.15, 0.2) is 51.5 Å². The van der Waals surface area contributed by atoms with Crippen LogP contribution in [0.1, 0.15) is 80.4 Å². The summed E-state index contributed by atoms with van der Waals surface area (Å²) in [6, 6.07) is 5.42. The Bertz CT molecular complexity index is 2110. The molecule has 18 nitrogen and oxygen atoms in total. The van der Waals surface area contributed by atoms with Gasteiger partial charge in [0.25, 0.3) is 5.91 Å². The van der Waals surface area contributed by atoms with Gasteiger partial charge in [0.1, 0.15) is 5.60 Å². The van der Waals surface area contributed by atoms with Gasteiger partial charge in [-0.05, 0) is 70.9 Å². The van der Waals surface area contributed by atoms with Crippen molar-refractivity contribution >= 4 is 41.1 Å². The summed E-state index contributed by atoms with van der Waals surface area (Å²) in [4.78, 5) is 89.1. The third-order valence-electron chi connectivity index (χ3n) is 7.39. The molecule has 19 heteroatoms. The van der Waals surface area contributed by atoms with Gasteiger partial charge in [0.05, 0.1) is 18.0 Å². The number of thiophene rings is 1. The Morgan fingerprint density at radius 2 is 1.57 bits per heavy atom. The van der Waals surface area contributed by atoms with E-state index in [-0.39, 0.29) is 46.6 Å². The van der Waals surface area contributed by atoms with Crippen molar-refractivity contribution in [3.05, 3.63) is 89.4 Å². The summed E-state index contributed by atoms with van der Waals surface area (Å²) < 4.78 is 41.3. The zero-order chi connectivity index (χ0) is 38.6. The lowest BCUT2D eigenvalue weighted by Crippen LogP contribution is -2.39. The van der Waals surface area contributed by atoms with Crippen molar-refractivity contribution in [3.8, 4) is 11.5 Å². The van der Waals surface area contributed by atoms with Crippen LogP contribution in [0.5, 0.6) is 11.5 Å². The van der Waals surface area contributed by atoms with Crippen molar-refractivity contribution < 1.29 is 65.7 Å².